The van der Waals surface area contributed by atoms with Crippen molar-refractivity contribution in [2.75, 3.05) is 13.2 Å². The maximum Gasteiger partial charge on any atom is 0.206 e. The van der Waals surface area contributed by atoms with Crippen molar-refractivity contribution in [2.24, 2.45) is 11.3 Å². The lowest BCUT2D eigenvalue weighted by molar-refractivity contribution is -0.322. The summed E-state index contributed by atoms with van der Waals surface area (Å²) in [5.74, 6) is -0.541. The lowest BCUT2D eigenvalue weighted by atomic mass is 9.75. The van der Waals surface area contributed by atoms with E-state index < -0.39 is 48.8 Å². The minimum atomic E-state index is -1.38. The molecule has 0 aromatic carbocycles. The van der Waals surface area contributed by atoms with E-state index in [9.17, 15) is 20.4 Å². The highest BCUT2D eigenvalue weighted by atomic mass is 16.7. The highest BCUT2D eigenvalue weighted by Crippen LogP contribution is 2.38. The molecule has 2 fully saturated rings. The zero-order valence-electron chi connectivity index (χ0n) is 14.6. The van der Waals surface area contributed by atoms with Crippen molar-refractivity contribution in [3.8, 4) is 0 Å². The SMILES string of the molecule is CC1O[C@@H](C(C)(C)C)C(CO)C(O)[C@H]1O[C@@H]1OC[C@@H]([OH2+])C(O)C1O. The number of aliphatic hydroxyl groups is 4. The molecule has 9 atom stereocenters. The molecule has 2 aliphatic rings. The molecule has 8 heteroatoms. The van der Waals surface area contributed by atoms with E-state index in [1.54, 1.807) is 6.92 Å². The van der Waals surface area contributed by atoms with Gasteiger partial charge in [0, 0.05) is 5.92 Å². The quantitative estimate of drug-likeness (QED) is 0.448. The summed E-state index contributed by atoms with van der Waals surface area (Å²) in [6.07, 6.45) is -7.44. The molecule has 0 aromatic rings. The van der Waals surface area contributed by atoms with Crippen LogP contribution in [-0.4, -0.2) is 87.8 Å². The average Bonchev–Trinajstić information content (AvgIpc) is 2.49. The Morgan fingerprint density at radius 1 is 1.12 bits per heavy atom. The summed E-state index contributed by atoms with van der Waals surface area (Å²) in [5, 5.41) is 47.7. The van der Waals surface area contributed by atoms with E-state index in [0.717, 1.165) is 0 Å². The Hall–Kier alpha value is -0.320. The Balaban J connectivity index is 2.11. The fraction of sp³-hybridized carbons (Fsp3) is 1.00. The number of rotatable bonds is 3. The summed E-state index contributed by atoms with van der Waals surface area (Å²) in [7, 11) is 0. The fourth-order valence-electron chi connectivity index (χ4n) is 3.42. The van der Waals surface area contributed by atoms with Gasteiger partial charge in [0.2, 0.25) is 6.10 Å². The smallest absolute Gasteiger partial charge is 0.206 e. The maximum absolute atomic E-state index is 10.7. The van der Waals surface area contributed by atoms with Gasteiger partial charge in [0.05, 0.1) is 24.9 Å². The van der Waals surface area contributed by atoms with Gasteiger partial charge in [-0.05, 0) is 12.3 Å². The molecule has 0 saturated carbocycles. The van der Waals surface area contributed by atoms with Crippen molar-refractivity contribution in [1.29, 1.82) is 0 Å². The van der Waals surface area contributed by atoms with E-state index in [1.807, 2.05) is 20.8 Å². The van der Waals surface area contributed by atoms with Crippen molar-refractivity contribution in [1.82, 2.24) is 0 Å². The van der Waals surface area contributed by atoms with E-state index in [-0.39, 0.29) is 24.7 Å². The summed E-state index contributed by atoms with van der Waals surface area (Å²) >= 11 is 0. The van der Waals surface area contributed by atoms with Gasteiger partial charge in [-0.1, -0.05) is 20.8 Å². The van der Waals surface area contributed by atoms with Gasteiger partial charge < -0.3 is 39.7 Å². The molecule has 2 heterocycles. The first-order valence-electron chi connectivity index (χ1n) is 8.36. The second-order valence-corrected chi connectivity index (χ2v) is 7.85. The maximum atomic E-state index is 10.7. The van der Waals surface area contributed by atoms with Crippen molar-refractivity contribution in [2.45, 2.75) is 76.7 Å². The largest absolute Gasteiger partial charge is 0.439 e. The summed E-state index contributed by atoms with van der Waals surface area (Å²) in [6.45, 7) is 7.33. The van der Waals surface area contributed by atoms with Gasteiger partial charge in [0.25, 0.3) is 0 Å². The second kappa shape index (κ2) is 7.51. The Morgan fingerprint density at radius 3 is 2.29 bits per heavy atom. The van der Waals surface area contributed by atoms with Gasteiger partial charge in [-0.3, -0.25) is 0 Å². The first kappa shape index (κ1) is 20.0. The van der Waals surface area contributed by atoms with Crippen LogP contribution in [0.4, 0.5) is 0 Å². The second-order valence-electron chi connectivity index (χ2n) is 7.85. The van der Waals surface area contributed by atoms with Crippen LogP contribution in [0.2, 0.25) is 0 Å². The molecule has 142 valence electrons. The topological polar surface area (TPSA) is 132 Å². The molecular weight excluding hydrogens is 320 g/mol. The Kier molecular flexibility index (Phi) is 6.26. The Bertz CT molecular complexity index is 411. The molecule has 0 radical (unpaired) electrons. The summed E-state index contributed by atoms with van der Waals surface area (Å²) < 4.78 is 16.9. The first-order chi connectivity index (χ1) is 11.1. The van der Waals surface area contributed by atoms with Crippen LogP contribution in [-0.2, 0) is 14.2 Å². The molecule has 6 N–H and O–H groups in total. The van der Waals surface area contributed by atoms with Crippen LogP contribution in [0.3, 0.4) is 0 Å². The Labute approximate surface area is 142 Å². The Morgan fingerprint density at radius 2 is 1.75 bits per heavy atom. The first-order valence-corrected chi connectivity index (χ1v) is 8.36. The minimum Gasteiger partial charge on any atom is -0.439 e. The molecule has 2 aliphatic heterocycles. The van der Waals surface area contributed by atoms with Gasteiger partial charge in [0.15, 0.2) is 12.4 Å². The third-order valence-electron chi connectivity index (χ3n) is 4.82. The van der Waals surface area contributed by atoms with Crippen LogP contribution in [0.15, 0.2) is 0 Å². The molecule has 8 nitrogen and oxygen atoms in total. The number of ether oxygens (including phenoxy) is 3. The molecule has 0 spiro atoms. The van der Waals surface area contributed by atoms with Crippen LogP contribution in [0.5, 0.6) is 0 Å². The highest BCUT2D eigenvalue weighted by molar-refractivity contribution is 4.96. The summed E-state index contributed by atoms with van der Waals surface area (Å²) in [6, 6.07) is 0. The standard InChI is InChI=1S/C16H30O8/c1-7-13(24-15-12(21)11(20)9(18)6-22-15)10(19)8(5-17)14(23-7)16(2,3)4/h7-15,17-21H,5-6H2,1-4H3/p+1/t7?,8?,9-,10?,11?,12?,13+,14-,15+/m1/s1. The van der Waals surface area contributed by atoms with Crippen molar-refractivity contribution in [3.63, 3.8) is 0 Å². The normalized spacial score (nSPS) is 47.6. The summed E-state index contributed by atoms with van der Waals surface area (Å²) in [4.78, 5) is 0. The van der Waals surface area contributed by atoms with Crippen molar-refractivity contribution >= 4 is 0 Å². The average molecular weight is 351 g/mol. The van der Waals surface area contributed by atoms with Crippen LogP contribution in [0.1, 0.15) is 27.7 Å². The highest BCUT2D eigenvalue weighted by Gasteiger charge is 2.50. The molecule has 5 unspecified atom stereocenters. The lowest BCUT2D eigenvalue weighted by Gasteiger charge is -2.49. The van der Waals surface area contributed by atoms with Crippen LogP contribution in [0, 0.1) is 11.3 Å². The zero-order valence-corrected chi connectivity index (χ0v) is 14.6. The number of hydrogen-bond acceptors (Lipinski definition) is 7. The van der Waals surface area contributed by atoms with E-state index in [1.165, 1.54) is 0 Å². The van der Waals surface area contributed by atoms with E-state index in [2.05, 4.69) is 0 Å². The third-order valence-corrected chi connectivity index (χ3v) is 4.82. The van der Waals surface area contributed by atoms with E-state index in [4.69, 9.17) is 19.3 Å². The summed E-state index contributed by atoms with van der Waals surface area (Å²) in [5.41, 5.74) is -0.275. The molecule has 0 aromatic heterocycles. The monoisotopic (exact) mass is 351 g/mol. The van der Waals surface area contributed by atoms with E-state index in [0.29, 0.717) is 0 Å². The molecular formula is C16H31O8+. The van der Waals surface area contributed by atoms with Gasteiger partial charge >= 0.3 is 0 Å². The molecule has 0 amide bonds. The van der Waals surface area contributed by atoms with Crippen LogP contribution < -0.4 is 0 Å². The third kappa shape index (κ3) is 3.91. The van der Waals surface area contributed by atoms with Crippen LogP contribution in [0.25, 0.3) is 0 Å². The van der Waals surface area contributed by atoms with Gasteiger partial charge in [-0.2, -0.15) is 0 Å². The number of aliphatic hydroxyl groups excluding tert-OH is 4. The predicted octanol–water partition coefficient (Wildman–Crippen LogP) is -1.65. The van der Waals surface area contributed by atoms with Gasteiger partial charge in [-0.25, -0.2) is 0 Å². The minimum absolute atomic E-state index is 0.0744. The molecule has 2 rings (SSSR count). The van der Waals surface area contributed by atoms with E-state index >= 15 is 0 Å². The van der Waals surface area contributed by atoms with Crippen molar-refractivity contribution < 1.29 is 39.7 Å². The molecule has 0 bridgehead atoms. The molecule has 24 heavy (non-hydrogen) atoms. The zero-order chi connectivity index (χ0) is 18.2. The molecule has 0 aliphatic carbocycles. The lowest BCUT2D eigenvalue weighted by Crippen LogP contribution is -2.62. The molecule has 2 saturated heterocycles. The van der Waals surface area contributed by atoms with Gasteiger partial charge in [-0.15, -0.1) is 0 Å². The predicted molar refractivity (Wildman–Crippen MR) is 84.4 cm³/mol. The number of hydrogen-bond donors (Lipinski definition) is 4. The van der Waals surface area contributed by atoms with Crippen LogP contribution >= 0.6 is 0 Å². The fourth-order valence-corrected chi connectivity index (χ4v) is 3.42. The van der Waals surface area contributed by atoms with Crippen molar-refractivity contribution in [3.05, 3.63) is 0 Å². The van der Waals surface area contributed by atoms with Gasteiger partial charge in [0.1, 0.15) is 18.8 Å².